The quantitative estimate of drug-likeness (QED) is 0.514. The number of benzene rings is 1. The molecule has 0 bridgehead atoms. The van der Waals surface area contributed by atoms with E-state index in [0.29, 0.717) is 16.9 Å². The second-order valence-corrected chi connectivity index (χ2v) is 9.27. The number of nitrogens with zero attached hydrogens (tertiary/aromatic N) is 2. The Morgan fingerprint density at radius 1 is 1.33 bits per heavy atom. The first-order chi connectivity index (χ1) is 12.7. The summed E-state index contributed by atoms with van der Waals surface area (Å²) in [5.41, 5.74) is 3.65. The minimum absolute atomic E-state index is 0.107. The molecule has 1 saturated heterocycles. The normalized spacial score (nSPS) is 23.3. The second kappa shape index (κ2) is 7.19. The fraction of sp³-hybridized carbons (Fsp3) is 0.455. The zero-order chi connectivity index (χ0) is 19.9. The number of anilines is 1. The van der Waals surface area contributed by atoms with Crippen LogP contribution in [0.3, 0.4) is 0 Å². The highest BCUT2D eigenvalue weighted by atomic mass is 32.2. The van der Waals surface area contributed by atoms with E-state index in [2.05, 4.69) is 58.2 Å². The Hall–Kier alpha value is -2.01. The van der Waals surface area contributed by atoms with Crippen LogP contribution >= 0.6 is 11.8 Å². The lowest BCUT2D eigenvalue weighted by Crippen LogP contribution is -2.51. The summed E-state index contributed by atoms with van der Waals surface area (Å²) in [6.07, 6.45) is 4.49. The van der Waals surface area contributed by atoms with Gasteiger partial charge >= 0.3 is 0 Å². The predicted molar refractivity (Wildman–Crippen MR) is 114 cm³/mol. The van der Waals surface area contributed by atoms with Crippen molar-refractivity contribution in [3.05, 3.63) is 46.9 Å². The smallest absolute Gasteiger partial charge is 0.293 e. The SMILES string of the molecule is C=CCN1C(=O)S/C(=C\c2ccc3c(c2)[C@@H](C)CC(C)(C)N3C(C)C)C1=O. The number of thioether (sulfide) groups is 1. The molecule has 2 amide bonds. The number of carbonyl (C=O) groups excluding carboxylic acids is 2. The first-order valence-electron chi connectivity index (χ1n) is 9.45. The van der Waals surface area contributed by atoms with Gasteiger partial charge in [0, 0.05) is 23.8 Å². The lowest BCUT2D eigenvalue weighted by Gasteiger charge is -2.50. The van der Waals surface area contributed by atoms with Crippen LogP contribution < -0.4 is 4.90 Å². The van der Waals surface area contributed by atoms with Crippen LogP contribution in [0.2, 0.25) is 0 Å². The van der Waals surface area contributed by atoms with E-state index in [1.165, 1.54) is 16.2 Å². The van der Waals surface area contributed by atoms with Gasteiger partial charge < -0.3 is 4.90 Å². The molecule has 2 aliphatic rings. The molecule has 0 spiro atoms. The molecular formula is C22H28N2O2S. The van der Waals surface area contributed by atoms with Gasteiger partial charge in [-0.15, -0.1) is 6.58 Å². The van der Waals surface area contributed by atoms with Gasteiger partial charge in [-0.2, -0.15) is 0 Å². The van der Waals surface area contributed by atoms with Crippen LogP contribution in [0.4, 0.5) is 10.5 Å². The summed E-state index contributed by atoms with van der Waals surface area (Å²) in [6.45, 7) is 15.2. The summed E-state index contributed by atoms with van der Waals surface area (Å²) >= 11 is 1.00. The predicted octanol–water partition coefficient (Wildman–Crippen LogP) is 5.41. The standard InChI is InChI=1S/C22H28N2O2S/c1-7-10-23-20(25)19(27-21(23)26)12-16-8-9-18-17(11-16)15(4)13-22(5,6)24(18)14(2)3/h7-9,11-12,14-15H,1,10,13H2,2-6H3/b19-12-/t15-/m0/s1. The van der Waals surface area contributed by atoms with Crippen LogP contribution in [0.1, 0.15) is 58.1 Å². The van der Waals surface area contributed by atoms with Gasteiger partial charge in [0.05, 0.1) is 4.91 Å². The largest absolute Gasteiger partial charge is 0.364 e. The maximum atomic E-state index is 12.4. The van der Waals surface area contributed by atoms with Crippen molar-refractivity contribution in [2.24, 2.45) is 0 Å². The van der Waals surface area contributed by atoms with Crippen molar-refractivity contribution in [3.8, 4) is 0 Å². The number of hydrogen-bond donors (Lipinski definition) is 0. The summed E-state index contributed by atoms with van der Waals surface area (Å²) in [4.78, 5) is 28.7. The summed E-state index contributed by atoms with van der Waals surface area (Å²) in [5.74, 6) is 0.204. The third-order valence-electron chi connectivity index (χ3n) is 5.30. The van der Waals surface area contributed by atoms with Crippen molar-refractivity contribution in [3.63, 3.8) is 0 Å². The number of imide groups is 1. The van der Waals surface area contributed by atoms with E-state index in [0.717, 1.165) is 23.7 Å². The van der Waals surface area contributed by atoms with Crippen molar-refractivity contribution >= 4 is 34.7 Å². The lowest BCUT2D eigenvalue weighted by molar-refractivity contribution is -0.122. The minimum atomic E-state index is -0.236. The molecule has 0 aliphatic carbocycles. The summed E-state index contributed by atoms with van der Waals surface area (Å²) in [6, 6.07) is 6.79. The third-order valence-corrected chi connectivity index (χ3v) is 6.21. The molecule has 27 heavy (non-hydrogen) atoms. The maximum Gasteiger partial charge on any atom is 0.293 e. The Kier molecular flexibility index (Phi) is 5.26. The first-order valence-corrected chi connectivity index (χ1v) is 10.3. The molecule has 1 aromatic rings. The first kappa shape index (κ1) is 19.7. The highest BCUT2D eigenvalue weighted by Gasteiger charge is 2.38. The summed E-state index contributed by atoms with van der Waals surface area (Å²) < 4.78 is 0. The number of rotatable bonds is 4. The average molecular weight is 385 g/mol. The molecule has 2 aliphatic heterocycles. The van der Waals surface area contributed by atoms with Crippen LogP contribution in [-0.4, -0.2) is 34.2 Å². The molecule has 144 valence electrons. The van der Waals surface area contributed by atoms with Crippen LogP contribution in [-0.2, 0) is 4.79 Å². The van der Waals surface area contributed by atoms with Crippen LogP contribution in [0.15, 0.2) is 35.8 Å². The van der Waals surface area contributed by atoms with Crippen LogP contribution in [0.5, 0.6) is 0 Å². The summed E-state index contributed by atoms with van der Waals surface area (Å²) in [5, 5.41) is -0.231. The fourth-order valence-corrected chi connectivity index (χ4v) is 5.32. The Bertz CT molecular complexity index is 826. The van der Waals surface area contributed by atoms with Gasteiger partial charge in [0.2, 0.25) is 0 Å². The molecule has 4 nitrogen and oxygen atoms in total. The Labute approximate surface area is 166 Å². The maximum absolute atomic E-state index is 12.4. The molecular weight excluding hydrogens is 356 g/mol. The van der Waals surface area contributed by atoms with Gasteiger partial charge in [-0.05, 0) is 81.1 Å². The average Bonchev–Trinajstić information content (AvgIpc) is 2.82. The van der Waals surface area contributed by atoms with E-state index in [-0.39, 0.29) is 23.2 Å². The van der Waals surface area contributed by atoms with E-state index in [1.54, 1.807) is 6.08 Å². The van der Waals surface area contributed by atoms with E-state index < -0.39 is 0 Å². The van der Waals surface area contributed by atoms with Crippen molar-refractivity contribution in [2.45, 2.75) is 58.5 Å². The minimum Gasteiger partial charge on any atom is -0.364 e. The molecule has 5 heteroatoms. The fourth-order valence-electron chi connectivity index (χ4n) is 4.48. The van der Waals surface area contributed by atoms with Gasteiger partial charge in [0.15, 0.2) is 0 Å². The van der Waals surface area contributed by atoms with Crippen molar-refractivity contribution in [1.82, 2.24) is 4.90 Å². The number of hydrogen-bond acceptors (Lipinski definition) is 4. The van der Waals surface area contributed by atoms with E-state index >= 15 is 0 Å². The molecule has 2 heterocycles. The molecule has 0 N–H and O–H groups in total. The lowest BCUT2D eigenvalue weighted by atomic mass is 9.79. The van der Waals surface area contributed by atoms with Crippen LogP contribution in [0, 0.1) is 0 Å². The Balaban J connectivity index is 1.97. The molecule has 1 aromatic carbocycles. The van der Waals surface area contributed by atoms with Crippen molar-refractivity contribution in [2.75, 3.05) is 11.4 Å². The molecule has 1 atom stereocenters. The Morgan fingerprint density at radius 2 is 2.04 bits per heavy atom. The highest BCUT2D eigenvalue weighted by Crippen LogP contribution is 2.45. The molecule has 1 fully saturated rings. The monoisotopic (exact) mass is 384 g/mol. The van der Waals surface area contributed by atoms with Gasteiger partial charge in [-0.3, -0.25) is 14.5 Å². The molecule has 0 unspecified atom stereocenters. The van der Waals surface area contributed by atoms with Gasteiger partial charge in [0.1, 0.15) is 0 Å². The number of carbonyl (C=O) groups is 2. The number of amides is 2. The molecule has 0 aromatic heterocycles. The van der Waals surface area contributed by atoms with Crippen molar-refractivity contribution in [1.29, 1.82) is 0 Å². The highest BCUT2D eigenvalue weighted by molar-refractivity contribution is 8.18. The number of fused-ring (bicyclic) bond motifs is 1. The topological polar surface area (TPSA) is 40.6 Å². The van der Waals surface area contributed by atoms with Gasteiger partial charge in [-0.25, -0.2) is 0 Å². The summed E-state index contributed by atoms with van der Waals surface area (Å²) in [7, 11) is 0. The van der Waals surface area contributed by atoms with Gasteiger partial charge in [-0.1, -0.05) is 19.1 Å². The van der Waals surface area contributed by atoms with E-state index in [4.69, 9.17) is 0 Å². The second-order valence-electron chi connectivity index (χ2n) is 8.28. The van der Waals surface area contributed by atoms with E-state index in [1.807, 2.05) is 12.1 Å². The zero-order valence-corrected chi connectivity index (χ0v) is 17.6. The molecule has 3 rings (SSSR count). The zero-order valence-electron chi connectivity index (χ0n) is 16.8. The Morgan fingerprint density at radius 3 is 2.67 bits per heavy atom. The van der Waals surface area contributed by atoms with E-state index in [9.17, 15) is 9.59 Å². The van der Waals surface area contributed by atoms with Gasteiger partial charge in [0.25, 0.3) is 11.1 Å². The van der Waals surface area contributed by atoms with Crippen LogP contribution in [0.25, 0.3) is 6.08 Å². The third kappa shape index (κ3) is 3.57. The van der Waals surface area contributed by atoms with Crippen molar-refractivity contribution < 1.29 is 9.59 Å². The molecule has 0 saturated carbocycles. The molecule has 0 radical (unpaired) electrons.